The topological polar surface area (TPSA) is 114 Å². The molecule has 0 spiro atoms. The number of nitro benzene ring substituents is 1. The molecule has 2 N–H and O–H groups in total. The summed E-state index contributed by atoms with van der Waals surface area (Å²) in [4.78, 5) is 22.2. The molecular formula is C17H16BrN3O5. The Balaban J connectivity index is 1.97. The molecule has 0 saturated heterocycles. The predicted molar refractivity (Wildman–Crippen MR) is 99.6 cm³/mol. The minimum atomic E-state index is -0.595. The van der Waals surface area contributed by atoms with E-state index in [4.69, 9.17) is 4.74 Å². The van der Waals surface area contributed by atoms with E-state index >= 15 is 0 Å². The summed E-state index contributed by atoms with van der Waals surface area (Å²) >= 11 is 3.31. The molecule has 2 rings (SSSR count). The van der Waals surface area contributed by atoms with Gasteiger partial charge in [0.2, 0.25) is 0 Å². The van der Waals surface area contributed by atoms with Gasteiger partial charge in [-0.1, -0.05) is 22.0 Å². The van der Waals surface area contributed by atoms with Crippen molar-refractivity contribution in [3.05, 3.63) is 61.6 Å². The summed E-state index contributed by atoms with van der Waals surface area (Å²) in [6.07, 6.45) is 1.29. The molecule has 0 bridgehead atoms. The summed E-state index contributed by atoms with van der Waals surface area (Å²) in [6, 6.07) is 7.84. The molecular weight excluding hydrogens is 406 g/mol. The Kier molecular flexibility index (Phi) is 6.29. The first-order valence-electron chi connectivity index (χ1n) is 7.47. The van der Waals surface area contributed by atoms with E-state index in [1.165, 1.54) is 18.3 Å². The Morgan fingerprint density at radius 1 is 1.38 bits per heavy atom. The molecule has 8 nitrogen and oxygen atoms in total. The highest BCUT2D eigenvalue weighted by molar-refractivity contribution is 9.10. The van der Waals surface area contributed by atoms with Crippen LogP contribution >= 0.6 is 15.9 Å². The number of hydrazone groups is 1. The van der Waals surface area contributed by atoms with Crippen LogP contribution in [-0.4, -0.2) is 28.8 Å². The number of ether oxygens (including phenoxy) is 1. The number of phenols is 1. The Morgan fingerprint density at radius 2 is 2.12 bits per heavy atom. The lowest BCUT2D eigenvalue weighted by atomic mass is 10.1. The third kappa shape index (κ3) is 5.03. The number of nitro groups is 1. The van der Waals surface area contributed by atoms with Gasteiger partial charge in [-0.2, -0.15) is 5.10 Å². The lowest BCUT2D eigenvalue weighted by Crippen LogP contribution is -2.24. The minimum Gasteiger partial charge on any atom is -0.507 e. The van der Waals surface area contributed by atoms with Crippen molar-refractivity contribution in [2.75, 3.05) is 6.61 Å². The van der Waals surface area contributed by atoms with Crippen molar-refractivity contribution in [1.82, 2.24) is 5.43 Å². The fraction of sp³-hybridized carbons (Fsp3) is 0.176. The Labute approximate surface area is 157 Å². The maximum Gasteiger partial charge on any atom is 0.311 e. The summed E-state index contributed by atoms with van der Waals surface area (Å²) in [7, 11) is 0. The molecule has 2 aromatic carbocycles. The van der Waals surface area contributed by atoms with Crippen LogP contribution in [0.5, 0.6) is 11.5 Å². The smallest absolute Gasteiger partial charge is 0.311 e. The summed E-state index contributed by atoms with van der Waals surface area (Å²) in [6.45, 7) is 3.01. The van der Waals surface area contributed by atoms with Gasteiger partial charge in [-0.3, -0.25) is 14.9 Å². The number of benzene rings is 2. The standard InChI is InChI=1S/C17H16BrN3O5/c1-10-3-4-15(14(5-10)21(24)25)26-9-16(22)20-19-8-12-7-13(18)6-11(2)17(12)23/h3-8,23H,9H2,1-2H3,(H,20,22)/b19-8-. The second kappa shape index (κ2) is 8.43. The number of aromatic hydroxyl groups is 1. The molecule has 0 aliphatic carbocycles. The van der Waals surface area contributed by atoms with E-state index in [1.807, 2.05) is 0 Å². The highest BCUT2D eigenvalue weighted by Gasteiger charge is 2.16. The number of phenolic OH excluding ortho intramolecular Hbond substituents is 1. The van der Waals surface area contributed by atoms with Gasteiger partial charge in [-0.15, -0.1) is 0 Å². The van der Waals surface area contributed by atoms with Crippen LogP contribution in [0.3, 0.4) is 0 Å². The number of aryl methyl sites for hydroxylation is 2. The summed E-state index contributed by atoms with van der Waals surface area (Å²) in [5, 5.41) is 24.7. The second-order valence-electron chi connectivity index (χ2n) is 5.47. The largest absolute Gasteiger partial charge is 0.507 e. The maximum atomic E-state index is 11.8. The summed E-state index contributed by atoms with van der Waals surface area (Å²) in [5.41, 5.74) is 3.81. The van der Waals surface area contributed by atoms with Gasteiger partial charge >= 0.3 is 5.69 Å². The number of amides is 1. The number of carbonyl (C=O) groups excluding carboxylic acids is 1. The third-order valence-electron chi connectivity index (χ3n) is 3.36. The van der Waals surface area contributed by atoms with Gasteiger partial charge < -0.3 is 9.84 Å². The predicted octanol–water partition coefficient (Wildman–Crippen LogP) is 3.21. The second-order valence-corrected chi connectivity index (χ2v) is 6.39. The average molecular weight is 422 g/mol. The molecule has 9 heteroatoms. The minimum absolute atomic E-state index is 0.0000104. The zero-order valence-corrected chi connectivity index (χ0v) is 15.6. The fourth-order valence-corrected chi connectivity index (χ4v) is 2.69. The fourth-order valence-electron chi connectivity index (χ4n) is 2.10. The lowest BCUT2D eigenvalue weighted by molar-refractivity contribution is -0.385. The van der Waals surface area contributed by atoms with E-state index in [2.05, 4.69) is 26.5 Å². The number of nitrogens with zero attached hydrogens (tertiary/aromatic N) is 2. The normalized spacial score (nSPS) is 10.7. The quantitative estimate of drug-likeness (QED) is 0.422. The molecule has 2 aromatic rings. The van der Waals surface area contributed by atoms with E-state index in [0.29, 0.717) is 16.7 Å². The molecule has 26 heavy (non-hydrogen) atoms. The van der Waals surface area contributed by atoms with Crippen LogP contribution in [-0.2, 0) is 4.79 Å². The zero-order valence-electron chi connectivity index (χ0n) is 14.0. The monoisotopic (exact) mass is 421 g/mol. The van der Waals surface area contributed by atoms with Crippen LogP contribution in [0, 0.1) is 24.0 Å². The molecule has 0 saturated carbocycles. The van der Waals surface area contributed by atoms with Crippen LogP contribution in [0.25, 0.3) is 0 Å². The van der Waals surface area contributed by atoms with Crippen molar-refractivity contribution in [2.24, 2.45) is 5.10 Å². The van der Waals surface area contributed by atoms with E-state index in [1.54, 1.807) is 32.0 Å². The average Bonchev–Trinajstić information content (AvgIpc) is 2.57. The van der Waals surface area contributed by atoms with Gasteiger partial charge in [0, 0.05) is 16.1 Å². The molecule has 0 aliphatic rings. The molecule has 0 aliphatic heterocycles. The van der Waals surface area contributed by atoms with E-state index < -0.39 is 17.4 Å². The van der Waals surface area contributed by atoms with E-state index in [-0.39, 0.29) is 17.2 Å². The summed E-state index contributed by atoms with van der Waals surface area (Å²) in [5.74, 6) is -0.542. The first-order chi connectivity index (χ1) is 12.3. The number of carbonyl (C=O) groups is 1. The van der Waals surface area contributed by atoms with Crippen molar-refractivity contribution < 1.29 is 19.6 Å². The van der Waals surface area contributed by atoms with Crippen molar-refractivity contribution in [3.63, 3.8) is 0 Å². The number of hydrogen-bond acceptors (Lipinski definition) is 6. The molecule has 0 aromatic heterocycles. The molecule has 1 amide bonds. The van der Waals surface area contributed by atoms with Crippen molar-refractivity contribution in [2.45, 2.75) is 13.8 Å². The number of nitrogens with one attached hydrogen (secondary N) is 1. The van der Waals surface area contributed by atoms with Crippen LogP contribution in [0.2, 0.25) is 0 Å². The Hall–Kier alpha value is -2.94. The molecule has 0 atom stereocenters. The molecule has 0 unspecified atom stereocenters. The van der Waals surface area contributed by atoms with Gasteiger partial charge in [-0.05, 0) is 43.2 Å². The first kappa shape index (κ1) is 19.4. The van der Waals surface area contributed by atoms with Gasteiger partial charge in [0.05, 0.1) is 11.1 Å². The number of halogens is 1. The number of hydrogen-bond donors (Lipinski definition) is 2. The maximum absolute atomic E-state index is 11.8. The molecule has 0 heterocycles. The molecule has 136 valence electrons. The van der Waals surface area contributed by atoms with Crippen LogP contribution in [0.15, 0.2) is 39.9 Å². The third-order valence-corrected chi connectivity index (χ3v) is 3.82. The van der Waals surface area contributed by atoms with E-state index in [0.717, 1.165) is 4.47 Å². The Morgan fingerprint density at radius 3 is 2.81 bits per heavy atom. The summed E-state index contributed by atoms with van der Waals surface area (Å²) < 4.78 is 5.96. The van der Waals surface area contributed by atoms with Crippen LogP contribution < -0.4 is 10.2 Å². The van der Waals surface area contributed by atoms with Crippen LogP contribution in [0.4, 0.5) is 5.69 Å². The van der Waals surface area contributed by atoms with Crippen molar-refractivity contribution in [3.8, 4) is 11.5 Å². The molecule has 0 fully saturated rings. The number of rotatable bonds is 6. The van der Waals surface area contributed by atoms with Gasteiger partial charge in [0.1, 0.15) is 5.75 Å². The van der Waals surface area contributed by atoms with Gasteiger partial charge in [0.25, 0.3) is 5.91 Å². The van der Waals surface area contributed by atoms with Crippen LogP contribution in [0.1, 0.15) is 16.7 Å². The first-order valence-corrected chi connectivity index (χ1v) is 8.26. The van der Waals surface area contributed by atoms with Gasteiger partial charge in [0.15, 0.2) is 12.4 Å². The van der Waals surface area contributed by atoms with Gasteiger partial charge in [-0.25, -0.2) is 5.43 Å². The van der Waals surface area contributed by atoms with Crippen molar-refractivity contribution >= 4 is 33.7 Å². The molecule has 0 radical (unpaired) electrons. The highest BCUT2D eigenvalue weighted by Crippen LogP contribution is 2.27. The Bertz CT molecular complexity index is 883. The SMILES string of the molecule is Cc1ccc(OCC(=O)N/N=C\c2cc(Br)cc(C)c2O)c([N+](=O)[O-])c1. The van der Waals surface area contributed by atoms with E-state index in [9.17, 15) is 20.0 Å². The van der Waals surface area contributed by atoms with Crippen molar-refractivity contribution in [1.29, 1.82) is 0 Å². The lowest BCUT2D eigenvalue weighted by Gasteiger charge is -2.06. The highest BCUT2D eigenvalue weighted by atomic mass is 79.9. The zero-order chi connectivity index (χ0) is 19.3.